The van der Waals surface area contributed by atoms with Crippen molar-refractivity contribution in [3.63, 3.8) is 0 Å². The van der Waals surface area contributed by atoms with E-state index in [1.54, 1.807) is 16.8 Å². The van der Waals surface area contributed by atoms with Crippen LogP contribution in [-0.2, 0) is 9.53 Å². The molecular weight excluding hydrogens is 492 g/mol. The van der Waals surface area contributed by atoms with E-state index in [1.165, 1.54) is 11.3 Å². The van der Waals surface area contributed by atoms with Gasteiger partial charge in [-0.1, -0.05) is 60.7 Å². The number of amides is 2. The Balaban J connectivity index is 1.37. The summed E-state index contributed by atoms with van der Waals surface area (Å²) in [6, 6.07) is 22.0. The zero-order valence-electron chi connectivity index (χ0n) is 19.8. The maximum absolute atomic E-state index is 13.1. The Morgan fingerprint density at radius 3 is 2.44 bits per heavy atom. The van der Waals surface area contributed by atoms with Crippen LogP contribution in [0.4, 0.5) is 5.13 Å². The molecule has 5 rings (SSSR count). The molecule has 0 radical (unpaired) electrons. The number of thiophene rings is 1. The molecule has 2 amide bonds. The maximum atomic E-state index is 13.1. The minimum Gasteiger partial charge on any atom is -0.378 e. The molecule has 36 heavy (non-hydrogen) atoms. The average molecular weight is 519 g/mol. The number of carbonyl (C=O) groups is 2. The highest BCUT2D eigenvalue weighted by molar-refractivity contribution is 7.15. The number of morpholine rings is 1. The topological polar surface area (TPSA) is 84.4 Å². The number of ether oxygens (including phenoxy) is 1. The highest BCUT2D eigenvalue weighted by Crippen LogP contribution is 2.40. The Morgan fingerprint density at radius 2 is 1.75 bits per heavy atom. The Bertz CT molecular complexity index is 1300. The Labute approximate surface area is 217 Å². The van der Waals surface area contributed by atoms with Crippen LogP contribution in [0.3, 0.4) is 0 Å². The maximum Gasteiger partial charge on any atom is 0.254 e. The lowest BCUT2D eigenvalue weighted by Crippen LogP contribution is -2.40. The number of aromatic nitrogens is 2. The largest absolute Gasteiger partial charge is 0.378 e. The third-order valence-electron chi connectivity index (χ3n) is 6.31. The lowest BCUT2D eigenvalue weighted by molar-refractivity contribution is -0.119. The molecular formula is C27H26N4O3S2. The highest BCUT2D eigenvalue weighted by atomic mass is 32.1. The number of carbonyl (C=O) groups excluding carboxylic acids is 2. The van der Waals surface area contributed by atoms with Crippen molar-refractivity contribution in [1.82, 2.24) is 15.1 Å². The summed E-state index contributed by atoms with van der Waals surface area (Å²) in [6.45, 7) is 4.36. The van der Waals surface area contributed by atoms with Gasteiger partial charge in [0.05, 0.1) is 13.2 Å². The second kappa shape index (κ2) is 11.1. The van der Waals surface area contributed by atoms with Crippen molar-refractivity contribution < 1.29 is 14.3 Å². The fourth-order valence-corrected chi connectivity index (χ4v) is 6.05. The number of hydrogen-bond acceptors (Lipinski definition) is 7. The van der Waals surface area contributed by atoms with Crippen molar-refractivity contribution >= 4 is 39.6 Å². The van der Waals surface area contributed by atoms with Crippen molar-refractivity contribution in [3.05, 3.63) is 88.2 Å². The van der Waals surface area contributed by atoms with Gasteiger partial charge in [-0.2, -0.15) is 0 Å². The summed E-state index contributed by atoms with van der Waals surface area (Å²) in [5, 5.41) is 11.1. The van der Waals surface area contributed by atoms with Crippen LogP contribution < -0.4 is 5.32 Å². The first-order valence-electron chi connectivity index (χ1n) is 11.8. The molecule has 2 atom stereocenters. The first-order valence-corrected chi connectivity index (χ1v) is 13.5. The second-order valence-electron chi connectivity index (χ2n) is 8.59. The quantitative estimate of drug-likeness (QED) is 0.366. The van der Waals surface area contributed by atoms with Gasteiger partial charge in [0.1, 0.15) is 5.51 Å². The lowest BCUT2D eigenvalue weighted by atomic mass is 9.85. The third-order valence-corrected chi connectivity index (χ3v) is 8.13. The van der Waals surface area contributed by atoms with E-state index in [-0.39, 0.29) is 23.7 Å². The van der Waals surface area contributed by atoms with Crippen LogP contribution >= 0.6 is 22.7 Å². The van der Waals surface area contributed by atoms with E-state index in [4.69, 9.17) is 4.74 Å². The Kier molecular flexibility index (Phi) is 7.50. The molecule has 1 N–H and O–H groups in total. The first-order chi connectivity index (χ1) is 17.6. The predicted octanol–water partition coefficient (Wildman–Crippen LogP) is 5.15. The van der Waals surface area contributed by atoms with E-state index in [9.17, 15) is 9.59 Å². The summed E-state index contributed by atoms with van der Waals surface area (Å²) in [6.07, 6.45) is 0. The molecule has 1 aliphatic heterocycles. The molecule has 0 bridgehead atoms. The predicted molar refractivity (Wildman–Crippen MR) is 142 cm³/mol. The van der Waals surface area contributed by atoms with E-state index in [1.807, 2.05) is 54.3 Å². The molecule has 1 saturated heterocycles. The molecule has 184 valence electrons. The first kappa shape index (κ1) is 24.3. The number of nitrogens with zero attached hydrogens (tertiary/aromatic N) is 3. The molecule has 2 aromatic heterocycles. The molecule has 4 aromatic rings. The van der Waals surface area contributed by atoms with E-state index in [0.29, 0.717) is 37.0 Å². The van der Waals surface area contributed by atoms with Crippen molar-refractivity contribution in [2.24, 2.45) is 5.92 Å². The number of hydrogen-bond donors (Lipinski definition) is 1. The number of anilines is 1. The average Bonchev–Trinajstić information content (AvgIpc) is 3.62. The van der Waals surface area contributed by atoms with Gasteiger partial charge in [-0.05, 0) is 35.4 Å². The van der Waals surface area contributed by atoms with E-state index in [2.05, 4.69) is 39.8 Å². The van der Waals surface area contributed by atoms with Gasteiger partial charge in [-0.25, -0.2) is 0 Å². The highest BCUT2D eigenvalue weighted by Gasteiger charge is 2.29. The van der Waals surface area contributed by atoms with E-state index >= 15 is 0 Å². The third kappa shape index (κ3) is 5.38. The summed E-state index contributed by atoms with van der Waals surface area (Å²) in [4.78, 5) is 29.9. The Hall–Kier alpha value is -3.40. The summed E-state index contributed by atoms with van der Waals surface area (Å²) in [7, 11) is 0. The van der Waals surface area contributed by atoms with Crippen LogP contribution in [0.15, 0.2) is 72.2 Å². The standard InChI is InChI=1S/C27H26N4O3S2/c1-18(25(32)29-27-30-28-17-35-27)24(20-5-3-2-4-6-20)23-12-11-22(36-23)19-7-9-21(10-8-19)26(33)31-13-15-34-16-14-31/h2-12,17-18,24H,13-16H2,1H3,(H,29,30,32)/t18-,24-/m0/s1. The molecule has 9 heteroatoms. The van der Waals surface area contributed by atoms with Gasteiger partial charge in [0.25, 0.3) is 5.91 Å². The van der Waals surface area contributed by atoms with E-state index in [0.717, 1.165) is 20.9 Å². The van der Waals surface area contributed by atoms with Crippen LogP contribution in [0.2, 0.25) is 0 Å². The van der Waals surface area contributed by atoms with Crippen LogP contribution in [-0.4, -0.2) is 53.2 Å². The van der Waals surface area contributed by atoms with Gasteiger partial charge >= 0.3 is 0 Å². The van der Waals surface area contributed by atoms with Gasteiger partial charge < -0.3 is 15.0 Å². The number of nitrogens with one attached hydrogen (secondary N) is 1. The smallest absolute Gasteiger partial charge is 0.254 e. The summed E-state index contributed by atoms with van der Waals surface area (Å²) in [5.74, 6) is -0.492. The van der Waals surface area contributed by atoms with Crippen molar-refractivity contribution in [3.8, 4) is 10.4 Å². The Morgan fingerprint density at radius 1 is 1.00 bits per heavy atom. The summed E-state index contributed by atoms with van der Waals surface area (Å²) >= 11 is 2.97. The molecule has 0 saturated carbocycles. The van der Waals surface area contributed by atoms with Gasteiger partial charge in [-0.3, -0.25) is 9.59 Å². The minimum atomic E-state index is -0.323. The molecule has 7 nitrogen and oxygen atoms in total. The molecule has 3 heterocycles. The zero-order valence-corrected chi connectivity index (χ0v) is 21.4. The second-order valence-corrected chi connectivity index (χ2v) is 10.5. The fraction of sp³-hybridized carbons (Fsp3) is 0.259. The molecule has 0 unspecified atom stereocenters. The molecule has 1 fully saturated rings. The molecule has 0 aliphatic carbocycles. The normalized spacial score (nSPS) is 15.3. The van der Waals surface area contributed by atoms with Crippen LogP contribution in [0.5, 0.6) is 0 Å². The zero-order chi connectivity index (χ0) is 24.9. The van der Waals surface area contributed by atoms with Gasteiger partial charge in [0.15, 0.2) is 0 Å². The van der Waals surface area contributed by atoms with Crippen molar-refractivity contribution in [2.45, 2.75) is 12.8 Å². The van der Waals surface area contributed by atoms with Crippen LogP contribution in [0.25, 0.3) is 10.4 Å². The molecule has 1 aliphatic rings. The summed E-state index contributed by atoms with van der Waals surface area (Å²) < 4.78 is 5.35. The number of benzene rings is 2. The van der Waals surface area contributed by atoms with Crippen LogP contribution in [0.1, 0.15) is 33.6 Å². The summed E-state index contributed by atoms with van der Waals surface area (Å²) in [5.41, 5.74) is 4.40. The van der Waals surface area contributed by atoms with Crippen molar-refractivity contribution in [1.29, 1.82) is 0 Å². The van der Waals surface area contributed by atoms with Gasteiger partial charge in [0, 0.05) is 40.2 Å². The molecule has 2 aromatic carbocycles. The SMILES string of the molecule is C[C@H](C(=O)Nc1nncs1)[C@@H](c1ccccc1)c1ccc(-c2ccc(C(=O)N3CCOCC3)cc2)s1. The van der Waals surface area contributed by atoms with Gasteiger partial charge in [0.2, 0.25) is 11.0 Å². The fourth-order valence-electron chi connectivity index (χ4n) is 4.36. The molecule has 0 spiro atoms. The van der Waals surface area contributed by atoms with Gasteiger partial charge in [-0.15, -0.1) is 21.5 Å². The monoisotopic (exact) mass is 518 g/mol. The van der Waals surface area contributed by atoms with E-state index < -0.39 is 0 Å². The lowest BCUT2D eigenvalue weighted by Gasteiger charge is -2.26. The van der Waals surface area contributed by atoms with Crippen molar-refractivity contribution in [2.75, 3.05) is 31.6 Å². The van der Waals surface area contributed by atoms with Crippen LogP contribution in [0, 0.1) is 5.92 Å². The minimum absolute atomic E-state index is 0.0381. The number of rotatable bonds is 7.